The third-order valence-electron chi connectivity index (χ3n) is 2.77. The van der Waals surface area contributed by atoms with Crippen molar-refractivity contribution < 1.29 is 4.84 Å². The van der Waals surface area contributed by atoms with E-state index < -0.39 is 0 Å². The van der Waals surface area contributed by atoms with Gasteiger partial charge in [0.25, 0.3) is 0 Å². The lowest BCUT2D eigenvalue weighted by Gasteiger charge is -2.16. The quantitative estimate of drug-likeness (QED) is 0.750. The molecule has 2 aromatic carbocycles. The molecular weight excluding hydrogens is 234 g/mol. The van der Waals surface area contributed by atoms with Gasteiger partial charge in [0.15, 0.2) is 0 Å². The standard InChI is InChI=1S/C14H10ClNO/c15-12-7-5-10(6-8-12)14-13-4-2-1-3-11(13)9-17-16-14/h1-8H,9H2. The summed E-state index contributed by atoms with van der Waals surface area (Å²) in [6, 6.07) is 15.8. The Morgan fingerprint density at radius 1 is 1.00 bits per heavy atom. The number of oxime groups is 1. The molecule has 3 rings (SSSR count). The van der Waals surface area contributed by atoms with Crippen molar-refractivity contribution in [2.45, 2.75) is 6.61 Å². The molecule has 3 heteroatoms. The Bertz CT molecular complexity index is 575. The molecule has 0 amide bonds. The summed E-state index contributed by atoms with van der Waals surface area (Å²) in [6.45, 7) is 0.535. The summed E-state index contributed by atoms with van der Waals surface area (Å²) in [5, 5.41) is 4.87. The summed E-state index contributed by atoms with van der Waals surface area (Å²) in [6.07, 6.45) is 0. The summed E-state index contributed by atoms with van der Waals surface area (Å²) in [4.78, 5) is 5.25. The average Bonchev–Trinajstić information content (AvgIpc) is 2.39. The highest BCUT2D eigenvalue weighted by Gasteiger charge is 2.16. The molecule has 1 heterocycles. The van der Waals surface area contributed by atoms with Gasteiger partial charge in [-0.05, 0) is 12.1 Å². The maximum absolute atomic E-state index is 5.88. The maximum Gasteiger partial charge on any atom is 0.143 e. The zero-order chi connectivity index (χ0) is 11.7. The first kappa shape index (κ1) is 10.4. The highest BCUT2D eigenvalue weighted by molar-refractivity contribution is 6.30. The lowest BCUT2D eigenvalue weighted by Crippen LogP contribution is -2.12. The first-order valence-corrected chi connectivity index (χ1v) is 5.76. The molecule has 1 aliphatic heterocycles. The summed E-state index contributed by atoms with van der Waals surface area (Å²) in [5.41, 5.74) is 4.17. The monoisotopic (exact) mass is 243 g/mol. The van der Waals surface area contributed by atoms with Crippen LogP contribution in [0.2, 0.25) is 5.02 Å². The highest BCUT2D eigenvalue weighted by atomic mass is 35.5. The number of rotatable bonds is 1. The predicted octanol–water partition coefficient (Wildman–Crippen LogP) is 3.62. The summed E-state index contributed by atoms with van der Waals surface area (Å²) >= 11 is 5.88. The van der Waals surface area contributed by atoms with E-state index in [0.29, 0.717) is 6.61 Å². The van der Waals surface area contributed by atoms with E-state index in [9.17, 15) is 0 Å². The van der Waals surface area contributed by atoms with Gasteiger partial charge in [-0.1, -0.05) is 53.2 Å². The zero-order valence-corrected chi connectivity index (χ0v) is 9.82. The van der Waals surface area contributed by atoms with Crippen LogP contribution in [0, 0.1) is 0 Å². The molecule has 0 aromatic heterocycles. The summed E-state index contributed by atoms with van der Waals surface area (Å²) < 4.78 is 0. The second-order valence-electron chi connectivity index (χ2n) is 3.88. The molecule has 0 radical (unpaired) electrons. The SMILES string of the molecule is Clc1ccc(C2=NOCc3ccccc32)cc1. The number of fused-ring (bicyclic) bond motifs is 1. The van der Waals surface area contributed by atoms with E-state index in [1.165, 1.54) is 0 Å². The van der Waals surface area contributed by atoms with E-state index in [1.54, 1.807) is 0 Å². The van der Waals surface area contributed by atoms with Crippen LogP contribution in [-0.2, 0) is 11.4 Å². The van der Waals surface area contributed by atoms with E-state index in [2.05, 4.69) is 17.3 Å². The summed E-state index contributed by atoms with van der Waals surface area (Å²) in [5.74, 6) is 0. The van der Waals surface area contributed by atoms with Crippen molar-refractivity contribution in [2.24, 2.45) is 5.16 Å². The van der Waals surface area contributed by atoms with Crippen LogP contribution in [0.5, 0.6) is 0 Å². The largest absolute Gasteiger partial charge is 0.390 e. The van der Waals surface area contributed by atoms with Gasteiger partial charge in [-0.3, -0.25) is 0 Å². The topological polar surface area (TPSA) is 21.6 Å². The lowest BCUT2D eigenvalue weighted by molar-refractivity contribution is 0.126. The third-order valence-corrected chi connectivity index (χ3v) is 3.02. The fourth-order valence-electron chi connectivity index (χ4n) is 1.91. The Morgan fingerprint density at radius 3 is 2.59 bits per heavy atom. The van der Waals surface area contributed by atoms with Gasteiger partial charge in [0.05, 0.1) is 0 Å². The van der Waals surface area contributed by atoms with Crippen LogP contribution >= 0.6 is 11.6 Å². The zero-order valence-electron chi connectivity index (χ0n) is 9.06. The average molecular weight is 244 g/mol. The second-order valence-corrected chi connectivity index (χ2v) is 4.31. The number of benzene rings is 2. The van der Waals surface area contributed by atoms with Gasteiger partial charge in [-0.25, -0.2) is 0 Å². The van der Waals surface area contributed by atoms with Gasteiger partial charge < -0.3 is 4.84 Å². The Kier molecular flexibility index (Phi) is 2.57. The van der Waals surface area contributed by atoms with E-state index in [4.69, 9.17) is 16.4 Å². The van der Waals surface area contributed by atoms with Crippen LogP contribution in [0.25, 0.3) is 0 Å². The second kappa shape index (κ2) is 4.22. The molecule has 0 aliphatic carbocycles. The smallest absolute Gasteiger partial charge is 0.143 e. The molecule has 1 aliphatic rings. The summed E-state index contributed by atoms with van der Waals surface area (Å²) in [7, 11) is 0. The molecule has 0 spiro atoms. The molecule has 0 bridgehead atoms. The minimum Gasteiger partial charge on any atom is -0.390 e. The maximum atomic E-state index is 5.88. The normalized spacial score (nSPS) is 13.6. The number of hydrogen-bond acceptors (Lipinski definition) is 2. The van der Waals surface area contributed by atoms with Gasteiger partial charge in [0.2, 0.25) is 0 Å². The fourth-order valence-corrected chi connectivity index (χ4v) is 2.03. The van der Waals surface area contributed by atoms with Crippen molar-refractivity contribution in [1.82, 2.24) is 0 Å². The molecule has 17 heavy (non-hydrogen) atoms. The first-order chi connectivity index (χ1) is 8.34. The van der Waals surface area contributed by atoms with Crippen LogP contribution in [-0.4, -0.2) is 5.71 Å². The molecule has 2 nitrogen and oxygen atoms in total. The number of hydrogen-bond donors (Lipinski definition) is 0. The molecule has 2 aromatic rings. The molecule has 0 N–H and O–H groups in total. The van der Waals surface area contributed by atoms with Crippen molar-refractivity contribution in [3.63, 3.8) is 0 Å². The van der Waals surface area contributed by atoms with Crippen LogP contribution in [0.15, 0.2) is 53.7 Å². The van der Waals surface area contributed by atoms with Crippen molar-refractivity contribution >= 4 is 17.3 Å². The molecule has 0 saturated heterocycles. The van der Waals surface area contributed by atoms with Crippen molar-refractivity contribution in [3.8, 4) is 0 Å². The molecule has 0 fully saturated rings. The van der Waals surface area contributed by atoms with Gasteiger partial charge in [0.1, 0.15) is 12.3 Å². The van der Waals surface area contributed by atoms with E-state index in [1.807, 2.05) is 36.4 Å². The Balaban J connectivity index is 2.09. The van der Waals surface area contributed by atoms with E-state index >= 15 is 0 Å². The number of nitrogens with zero attached hydrogens (tertiary/aromatic N) is 1. The van der Waals surface area contributed by atoms with Crippen molar-refractivity contribution in [3.05, 3.63) is 70.2 Å². The minimum atomic E-state index is 0.535. The van der Waals surface area contributed by atoms with Crippen molar-refractivity contribution in [2.75, 3.05) is 0 Å². The van der Waals surface area contributed by atoms with Crippen LogP contribution < -0.4 is 0 Å². The van der Waals surface area contributed by atoms with E-state index in [0.717, 1.165) is 27.4 Å². The highest BCUT2D eigenvalue weighted by Crippen LogP contribution is 2.21. The fraction of sp³-hybridized carbons (Fsp3) is 0.0714. The molecule has 0 saturated carbocycles. The molecule has 84 valence electrons. The first-order valence-electron chi connectivity index (χ1n) is 5.39. The van der Waals surface area contributed by atoms with E-state index in [-0.39, 0.29) is 0 Å². The van der Waals surface area contributed by atoms with Crippen molar-refractivity contribution in [1.29, 1.82) is 0 Å². The Hall–Kier alpha value is -1.80. The van der Waals surface area contributed by atoms with Crippen LogP contribution in [0.3, 0.4) is 0 Å². The van der Waals surface area contributed by atoms with Crippen LogP contribution in [0.4, 0.5) is 0 Å². The van der Waals surface area contributed by atoms with Gasteiger partial charge in [-0.2, -0.15) is 0 Å². The minimum absolute atomic E-state index is 0.535. The lowest BCUT2D eigenvalue weighted by atomic mass is 9.97. The van der Waals surface area contributed by atoms with Gasteiger partial charge >= 0.3 is 0 Å². The molecule has 0 unspecified atom stereocenters. The molecular formula is C14H10ClNO. The van der Waals surface area contributed by atoms with Gasteiger partial charge in [-0.15, -0.1) is 0 Å². The Labute approximate surface area is 104 Å². The van der Waals surface area contributed by atoms with Crippen LogP contribution in [0.1, 0.15) is 16.7 Å². The number of halogens is 1. The molecule has 0 atom stereocenters. The Morgan fingerprint density at radius 2 is 1.76 bits per heavy atom. The third kappa shape index (κ3) is 1.92. The van der Waals surface area contributed by atoms with Gasteiger partial charge in [0, 0.05) is 21.7 Å². The predicted molar refractivity (Wildman–Crippen MR) is 68.3 cm³/mol.